The van der Waals surface area contributed by atoms with Gasteiger partial charge in [-0.05, 0) is 32.1 Å². The molecule has 4 N–H and O–H groups in total. The van der Waals surface area contributed by atoms with Gasteiger partial charge in [-0.2, -0.15) is 0 Å². The van der Waals surface area contributed by atoms with Crippen molar-refractivity contribution in [1.82, 2.24) is 5.32 Å². The maximum absolute atomic E-state index is 11.3. The highest BCUT2D eigenvalue weighted by molar-refractivity contribution is 5.76. The molecule has 0 atom stereocenters. The minimum absolute atomic E-state index is 0.0551. The van der Waals surface area contributed by atoms with Crippen molar-refractivity contribution in [2.24, 2.45) is 5.73 Å². The fourth-order valence-corrected chi connectivity index (χ4v) is 1.80. The van der Waals surface area contributed by atoms with E-state index in [2.05, 4.69) is 5.32 Å². The highest BCUT2D eigenvalue weighted by Crippen LogP contribution is 2.16. The van der Waals surface area contributed by atoms with E-state index in [-0.39, 0.29) is 12.5 Å². The summed E-state index contributed by atoms with van der Waals surface area (Å²) in [6, 6.07) is 0.626. The predicted molar refractivity (Wildman–Crippen MR) is 54.7 cm³/mol. The monoisotopic (exact) mass is 200 g/mol. The second-order valence-electron chi connectivity index (χ2n) is 4.01. The van der Waals surface area contributed by atoms with Crippen molar-refractivity contribution >= 4 is 5.91 Å². The first-order valence-corrected chi connectivity index (χ1v) is 5.38. The molecule has 1 aliphatic rings. The van der Waals surface area contributed by atoms with Crippen LogP contribution >= 0.6 is 0 Å². The topological polar surface area (TPSA) is 75.3 Å². The van der Waals surface area contributed by atoms with Gasteiger partial charge in [0, 0.05) is 25.1 Å². The van der Waals surface area contributed by atoms with Crippen LogP contribution in [0.15, 0.2) is 0 Å². The Morgan fingerprint density at radius 3 is 2.57 bits per heavy atom. The summed E-state index contributed by atoms with van der Waals surface area (Å²) in [6.45, 7) is 0.0863. The van der Waals surface area contributed by atoms with Crippen LogP contribution < -0.4 is 11.1 Å². The number of rotatable bonds is 4. The van der Waals surface area contributed by atoms with E-state index in [1.165, 1.54) is 0 Å². The predicted octanol–water partition coefficient (Wildman–Crippen LogP) is 0.145. The lowest BCUT2D eigenvalue weighted by atomic mass is 9.92. The second-order valence-corrected chi connectivity index (χ2v) is 4.01. The number of carbonyl (C=O) groups excluding carboxylic acids is 1. The number of hydrogen-bond acceptors (Lipinski definition) is 3. The zero-order valence-corrected chi connectivity index (χ0v) is 8.54. The Morgan fingerprint density at radius 1 is 1.36 bits per heavy atom. The van der Waals surface area contributed by atoms with Crippen LogP contribution in [0.4, 0.5) is 0 Å². The van der Waals surface area contributed by atoms with Gasteiger partial charge in [0.25, 0.3) is 0 Å². The molecular formula is C10H20N2O2. The Kier molecular flexibility index (Phi) is 4.90. The van der Waals surface area contributed by atoms with Crippen molar-refractivity contribution in [3.05, 3.63) is 0 Å². The minimum atomic E-state index is 0.0551. The Balaban J connectivity index is 2.14. The van der Waals surface area contributed by atoms with Crippen molar-refractivity contribution in [3.8, 4) is 0 Å². The third-order valence-electron chi connectivity index (χ3n) is 2.70. The molecule has 0 aromatic heterocycles. The van der Waals surface area contributed by atoms with Gasteiger partial charge in [0.15, 0.2) is 0 Å². The number of amides is 1. The number of hydrogen-bond donors (Lipinski definition) is 3. The highest BCUT2D eigenvalue weighted by atomic mass is 16.3. The average molecular weight is 200 g/mol. The van der Waals surface area contributed by atoms with Gasteiger partial charge in [-0.25, -0.2) is 0 Å². The van der Waals surface area contributed by atoms with Crippen LogP contribution in [0.3, 0.4) is 0 Å². The molecule has 1 aliphatic carbocycles. The molecule has 1 fully saturated rings. The fraction of sp³-hybridized carbons (Fsp3) is 0.900. The zero-order valence-electron chi connectivity index (χ0n) is 8.54. The van der Waals surface area contributed by atoms with E-state index >= 15 is 0 Å². The molecule has 0 unspecified atom stereocenters. The van der Waals surface area contributed by atoms with Gasteiger partial charge in [0.2, 0.25) is 5.91 Å². The van der Waals surface area contributed by atoms with E-state index in [1.54, 1.807) is 0 Å². The molecule has 0 bridgehead atoms. The summed E-state index contributed by atoms with van der Waals surface area (Å²) in [7, 11) is 0. The fourth-order valence-electron chi connectivity index (χ4n) is 1.80. The molecular weight excluding hydrogens is 180 g/mol. The third-order valence-corrected chi connectivity index (χ3v) is 2.70. The molecule has 0 saturated heterocycles. The molecule has 4 heteroatoms. The lowest BCUT2D eigenvalue weighted by molar-refractivity contribution is -0.122. The quantitative estimate of drug-likeness (QED) is 0.604. The highest BCUT2D eigenvalue weighted by Gasteiger charge is 2.19. The standard InChI is InChI=1S/C10H20N2O2/c11-8-3-5-9(6-4-8)12-10(14)2-1-7-13/h8-9,13H,1-7,11H2,(H,12,14). The van der Waals surface area contributed by atoms with Crippen molar-refractivity contribution < 1.29 is 9.90 Å². The number of aliphatic hydroxyl groups excluding tert-OH is 1. The van der Waals surface area contributed by atoms with Gasteiger partial charge in [0.1, 0.15) is 0 Å². The Bertz CT molecular complexity index is 177. The first-order valence-electron chi connectivity index (χ1n) is 5.38. The zero-order chi connectivity index (χ0) is 10.4. The van der Waals surface area contributed by atoms with Gasteiger partial charge in [-0.15, -0.1) is 0 Å². The summed E-state index contributed by atoms with van der Waals surface area (Å²) in [5.74, 6) is 0.0551. The summed E-state index contributed by atoms with van der Waals surface area (Å²) in [6.07, 6.45) is 4.98. The molecule has 4 nitrogen and oxygen atoms in total. The number of nitrogens with two attached hydrogens (primary N) is 1. The number of aliphatic hydroxyl groups is 1. The molecule has 1 saturated carbocycles. The molecule has 0 aliphatic heterocycles. The largest absolute Gasteiger partial charge is 0.396 e. The second kappa shape index (κ2) is 5.98. The summed E-state index contributed by atoms with van der Waals surface area (Å²) < 4.78 is 0. The molecule has 0 aromatic carbocycles. The smallest absolute Gasteiger partial charge is 0.220 e. The lowest BCUT2D eigenvalue weighted by Gasteiger charge is -2.26. The van der Waals surface area contributed by atoms with Gasteiger partial charge >= 0.3 is 0 Å². The van der Waals surface area contributed by atoms with E-state index in [4.69, 9.17) is 10.8 Å². The molecule has 1 amide bonds. The van der Waals surface area contributed by atoms with E-state index in [1.807, 2.05) is 0 Å². The molecule has 1 rings (SSSR count). The van der Waals surface area contributed by atoms with Crippen LogP contribution in [0, 0.1) is 0 Å². The minimum Gasteiger partial charge on any atom is -0.396 e. The van der Waals surface area contributed by atoms with E-state index < -0.39 is 0 Å². The van der Waals surface area contributed by atoms with E-state index in [9.17, 15) is 4.79 Å². The molecule has 14 heavy (non-hydrogen) atoms. The first kappa shape index (κ1) is 11.5. The Hall–Kier alpha value is -0.610. The van der Waals surface area contributed by atoms with Gasteiger partial charge in [0.05, 0.1) is 0 Å². The summed E-state index contributed by atoms with van der Waals surface area (Å²) in [5.41, 5.74) is 5.76. The van der Waals surface area contributed by atoms with Gasteiger partial charge in [-0.3, -0.25) is 4.79 Å². The van der Waals surface area contributed by atoms with Crippen molar-refractivity contribution in [3.63, 3.8) is 0 Å². The van der Waals surface area contributed by atoms with Crippen LogP contribution in [0.25, 0.3) is 0 Å². The van der Waals surface area contributed by atoms with Crippen LogP contribution in [0.1, 0.15) is 38.5 Å². The summed E-state index contributed by atoms with van der Waals surface area (Å²) in [5, 5.41) is 11.5. The SMILES string of the molecule is NC1CCC(NC(=O)CCCO)CC1. The van der Waals surface area contributed by atoms with Crippen molar-refractivity contribution in [2.75, 3.05) is 6.61 Å². The van der Waals surface area contributed by atoms with E-state index in [0.29, 0.717) is 24.9 Å². The average Bonchev–Trinajstić information content (AvgIpc) is 2.18. The maximum atomic E-state index is 11.3. The molecule has 82 valence electrons. The molecule has 0 spiro atoms. The molecule has 0 radical (unpaired) electrons. The third kappa shape index (κ3) is 4.07. The number of nitrogens with one attached hydrogen (secondary N) is 1. The lowest BCUT2D eigenvalue weighted by Crippen LogP contribution is -2.40. The first-order chi connectivity index (χ1) is 6.72. The van der Waals surface area contributed by atoms with Crippen molar-refractivity contribution in [2.45, 2.75) is 50.6 Å². The van der Waals surface area contributed by atoms with Gasteiger partial charge < -0.3 is 16.2 Å². The normalized spacial score (nSPS) is 27.3. The molecule has 0 aromatic rings. The maximum Gasteiger partial charge on any atom is 0.220 e. The van der Waals surface area contributed by atoms with Crippen LogP contribution in [-0.4, -0.2) is 29.7 Å². The number of carbonyl (C=O) groups is 1. The summed E-state index contributed by atoms with van der Waals surface area (Å²) in [4.78, 5) is 11.3. The molecule has 0 heterocycles. The van der Waals surface area contributed by atoms with Crippen LogP contribution in [0.2, 0.25) is 0 Å². The van der Waals surface area contributed by atoms with Gasteiger partial charge in [-0.1, -0.05) is 0 Å². The Labute approximate surface area is 84.9 Å². The van der Waals surface area contributed by atoms with Crippen molar-refractivity contribution in [1.29, 1.82) is 0 Å². The van der Waals surface area contributed by atoms with Crippen LogP contribution in [-0.2, 0) is 4.79 Å². The van der Waals surface area contributed by atoms with E-state index in [0.717, 1.165) is 25.7 Å². The Morgan fingerprint density at radius 2 is 2.00 bits per heavy atom. The summed E-state index contributed by atoms with van der Waals surface area (Å²) >= 11 is 0. The van der Waals surface area contributed by atoms with Crippen LogP contribution in [0.5, 0.6) is 0 Å².